The van der Waals surface area contributed by atoms with E-state index in [-0.39, 0.29) is 5.69 Å². The predicted molar refractivity (Wildman–Crippen MR) is 54.3 cm³/mol. The summed E-state index contributed by atoms with van der Waals surface area (Å²) in [5, 5.41) is 8.82. The standard InChI is InChI=1S/C8H7F3INO2/c1-4-2-13-5(3-14)7(6(4)12)15-8(9,10)11/h2,14H,3H2,1H3. The third-order valence-electron chi connectivity index (χ3n) is 1.59. The minimum Gasteiger partial charge on any atom is -0.403 e. The van der Waals surface area contributed by atoms with Gasteiger partial charge in [0, 0.05) is 6.20 Å². The fraction of sp³-hybridized carbons (Fsp3) is 0.375. The van der Waals surface area contributed by atoms with Gasteiger partial charge in [-0.25, -0.2) is 0 Å². The molecular weight excluding hydrogens is 326 g/mol. The predicted octanol–water partition coefficient (Wildman–Crippen LogP) is 2.39. The number of hydrogen-bond donors (Lipinski definition) is 1. The van der Waals surface area contributed by atoms with Gasteiger partial charge in [-0.2, -0.15) is 0 Å². The lowest BCUT2D eigenvalue weighted by Crippen LogP contribution is -2.19. The van der Waals surface area contributed by atoms with Gasteiger partial charge in [0.15, 0.2) is 5.75 Å². The van der Waals surface area contributed by atoms with Crippen LogP contribution in [0.15, 0.2) is 6.20 Å². The minimum atomic E-state index is -4.78. The van der Waals surface area contributed by atoms with Crippen LogP contribution in [0.1, 0.15) is 11.3 Å². The molecule has 0 spiro atoms. The van der Waals surface area contributed by atoms with Gasteiger partial charge in [0.2, 0.25) is 0 Å². The van der Waals surface area contributed by atoms with Crippen molar-refractivity contribution in [2.75, 3.05) is 0 Å². The Bertz CT molecular complexity index is 368. The molecule has 0 aliphatic heterocycles. The van der Waals surface area contributed by atoms with Gasteiger partial charge >= 0.3 is 6.36 Å². The molecule has 0 fully saturated rings. The highest BCUT2D eigenvalue weighted by Gasteiger charge is 2.33. The first-order chi connectivity index (χ1) is 6.85. The molecule has 84 valence electrons. The maximum absolute atomic E-state index is 12.0. The van der Waals surface area contributed by atoms with Gasteiger partial charge in [-0.1, -0.05) is 0 Å². The fourth-order valence-electron chi connectivity index (χ4n) is 0.928. The number of halogens is 4. The third kappa shape index (κ3) is 3.20. The Kier molecular flexibility index (Phi) is 3.77. The molecule has 1 aromatic rings. The SMILES string of the molecule is Cc1cnc(CO)c(OC(F)(F)F)c1I. The maximum Gasteiger partial charge on any atom is 0.573 e. The molecule has 0 unspecified atom stereocenters. The highest BCUT2D eigenvalue weighted by atomic mass is 127. The molecule has 0 aliphatic carbocycles. The van der Waals surface area contributed by atoms with Crippen LogP contribution in [-0.4, -0.2) is 16.5 Å². The van der Waals surface area contributed by atoms with Gasteiger partial charge in [-0.15, -0.1) is 13.2 Å². The topological polar surface area (TPSA) is 42.4 Å². The smallest absolute Gasteiger partial charge is 0.403 e. The van der Waals surface area contributed by atoms with E-state index in [2.05, 4.69) is 9.72 Å². The second-order valence-electron chi connectivity index (χ2n) is 2.74. The van der Waals surface area contributed by atoms with E-state index < -0.39 is 18.7 Å². The highest BCUT2D eigenvalue weighted by Crippen LogP contribution is 2.31. The van der Waals surface area contributed by atoms with E-state index in [1.165, 1.54) is 6.20 Å². The number of hydrogen-bond acceptors (Lipinski definition) is 3. The molecule has 1 N–H and O–H groups in total. The third-order valence-corrected chi connectivity index (χ3v) is 2.93. The van der Waals surface area contributed by atoms with E-state index in [1.807, 2.05) is 0 Å². The molecule has 1 heterocycles. The summed E-state index contributed by atoms with van der Waals surface area (Å²) >= 11 is 1.72. The van der Waals surface area contributed by atoms with E-state index in [1.54, 1.807) is 29.5 Å². The van der Waals surface area contributed by atoms with Crippen LogP contribution in [-0.2, 0) is 6.61 Å². The number of nitrogens with zero attached hydrogens (tertiary/aromatic N) is 1. The molecule has 0 aliphatic rings. The summed E-state index contributed by atoms with van der Waals surface area (Å²) in [7, 11) is 0. The lowest BCUT2D eigenvalue weighted by atomic mass is 10.2. The maximum atomic E-state index is 12.0. The molecule has 0 bridgehead atoms. The van der Waals surface area contributed by atoms with Crippen molar-refractivity contribution in [3.05, 3.63) is 21.0 Å². The summed E-state index contributed by atoms with van der Waals surface area (Å²) in [6.45, 7) is 1.01. The zero-order valence-electron chi connectivity index (χ0n) is 7.60. The van der Waals surface area contributed by atoms with Crippen LogP contribution in [0.3, 0.4) is 0 Å². The van der Waals surface area contributed by atoms with E-state index in [0.29, 0.717) is 9.13 Å². The quantitative estimate of drug-likeness (QED) is 0.845. The molecule has 0 saturated heterocycles. The van der Waals surface area contributed by atoms with Crippen molar-refractivity contribution in [2.24, 2.45) is 0 Å². The average Bonchev–Trinajstić information content (AvgIpc) is 2.11. The van der Waals surface area contributed by atoms with Crippen LogP contribution >= 0.6 is 22.6 Å². The molecule has 0 radical (unpaired) electrons. The second-order valence-corrected chi connectivity index (χ2v) is 3.82. The van der Waals surface area contributed by atoms with Crippen LogP contribution in [0.4, 0.5) is 13.2 Å². The summed E-state index contributed by atoms with van der Waals surface area (Å²) in [5.41, 5.74) is 0.439. The van der Waals surface area contributed by atoms with Crippen molar-refractivity contribution in [3.8, 4) is 5.75 Å². The van der Waals surface area contributed by atoms with Gasteiger partial charge in [0.1, 0.15) is 5.69 Å². The Labute approximate surface area is 97.4 Å². The Morgan fingerprint density at radius 2 is 2.13 bits per heavy atom. The van der Waals surface area contributed by atoms with Gasteiger partial charge < -0.3 is 9.84 Å². The fourth-order valence-corrected chi connectivity index (χ4v) is 1.49. The number of alkyl halides is 3. The van der Waals surface area contributed by atoms with Crippen molar-refractivity contribution < 1.29 is 23.0 Å². The monoisotopic (exact) mass is 333 g/mol. The number of rotatable bonds is 2. The summed E-state index contributed by atoms with van der Waals surface area (Å²) in [5.74, 6) is -0.425. The number of aliphatic hydroxyl groups is 1. The van der Waals surface area contributed by atoms with Crippen LogP contribution < -0.4 is 4.74 Å². The molecule has 7 heteroatoms. The Balaban J connectivity index is 3.18. The minimum absolute atomic E-state index is 0.123. The van der Waals surface area contributed by atoms with E-state index >= 15 is 0 Å². The van der Waals surface area contributed by atoms with E-state index in [0.717, 1.165) is 0 Å². The molecule has 0 saturated carbocycles. The second kappa shape index (κ2) is 4.52. The van der Waals surface area contributed by atoms with Gasteiger partial charge in [-0.3, -0.25) is 4.98 Å². The largest absolute Gasteiger partial charge is 0.573 e. The van der Waals surface area contributed by atoms with Crippen LogP contribution in [0, 0.1) is 10.5 Å². The molecule has 0 amide bonds. The van der Waals surface area contributed by atoms with Crippen molar-refractivity contribution in [2.45, 2.75) is 19.9 Å². The zero-order valence-corrected chi connectivity index (χ0v) is 9.76. The lowest BCUT2D eigenvalue weighted by molar-refractivity contribution is -0.275. The zero-order chi connectivity index (χ0) is 11.6. The van der Waals surface area contributed by atoms with Crippen LogP contribution in [0.5, 0.6) is 5.75 Å². The lowest BCUT2D eigenvalue weighted by Gasteiger charge is -2.14. The number of pyridine rings is 1. The van der Waals surface area contributed by atoms with Crippen molar-refractivity contribution in [1.29, 1.82) is 0 Å². The molecule has 1 aromatic heterocycles. The summed E-state index contributed by atoms with van der Waals surface area (Å²) in [6, 6.07) is 0. The first-order valence-corrected chi connectivity index (χ1v) is 4.93. The Hall–Kier alpha value is -0.570. The van der Waals surface area contributed by atoms with Crippen LogP contribution in [0.25, 0.3) is 0 Å². The first kappa shape index (κ1) is 12.5. The average molecular weight is 333 g/mol. The Morgan fingerprint density at radius 3 is 2.60 bits per heavy atom. The molecule has 1 rings (SSSR count). The molecule has 0 aromatic carbocycles. The molecular formula is C8H7F3INO2. The molecule has 15 heavy (non-hydrogen) atoms. The van der Waals surface area contributed by atoms with Gasteiger partial charge in [0.25, 0.3) is 0 Å². The van der Waals surface area contributed by atoms with Gasteiger partial charge in [0.05, 0.1) is 10.2 Å². The number of aryl methyl sites for hydroxylation is 1. The van der Waals surface area contributed by atoms with Crippen LogP contribution in [0.2, 0.25) is 0 Å². The molecule has 0 atom stereocenters. The summed E-state index contributed by atoms with van der Waals surface area (Å²) < 4.78 is 40.2. The summed E-state index contributed by atoms with van der Waals surface area (Å²) in [6.07, 6.45) is -3.39. The van der Waals surface area contributed by atoms with Crippen molar-refractivity contribution in [3.63, 3.8) is 0 Å². The van der Waals surface area contributed by atoms with Crippen molar-refractivity contribution in [1.82, 2.24) is 4.98 Å². The van der Waals surface area contributed by atoms with Gasteiger partial charge in [-0.05, 0) is 35.1 Å². The van der Waals surface area contributed by atoms with E-state index in [9.17, 15) is 13.2 Å². The molecule has 3 nitrogen and oxygen atoms in total. The first-order valence-electron chi connectivity index (χ1n) is 3.85. The summed E-state index contributed by atoms with van der Waals surface area (Å²) in [4.78, 5) is 3.66. The number of ether oxygens (including phenoxy) is 1. The highest BCUT2D eigenvalue weighted by molar-refractivity contribution is 14.1. The number of aromatic nitrogens is 1. The number of aliphatic hydroxyl groups excluding tert-OH is 1. The normalized spacial score (nSPS) is 11.6. The Morgan fingerprint density at radius 1 is 1.53 bits per heavy atom. The van der Waals surface area contributed by atoms with E-state index in [4.69, 9.17) is 5.11 Å². The van der Waals surface area contributed by atoms with Crippen molar-refractivity contribution >= 4 is 22.6 Å².